The van der Waals surface area contributed by atoms with Gasteiger partial charge in [-0.2, -0.15) is 0 Å². The minimum atomic E-state index is -3.54. The van der Waals surface area contributed by atoms with Crippen molar-refractivity contribution in [2.75, 3.05) is 24.2 Å². The van der Waals surface area contributed by atoms with E-state index >= 15 is 0 Å². The number of anilines is 1. The van der Waals surface area contributed by atoms with E-state index in [1.54, 1.807) is 25.0 Å². The molecule has 9 heteroatoms. The fourth-order valence-corrected chi connectivity index (χ4v) is 4.92. The number of amides is 2. The molecule has 0 unspecified atom stereocenters. The molecule has 2 amide bonds. The summed E-state index contributed by atoms with van der Waals surface area (Å²) in [5.74, 6) is 0.251. The van der Waals surface area contributed by atoms with Crippen LogP contribution in [0.25, 0.3) is 0 Å². The highest BCUT2D eigenvalue weighted by Gasteiger charge is 2.27. The van der Waals surface area contributed by atoms with Crippen molar-refractivity contribution >= 4 is 27.5 Å². The van der Waals surface area contributed by atoms with E-state index in [0.29, 0.717) is 17.9 Å². The predicted octanol–water partition coefficient (Wildman–Crippen LogP) is 3.80. The number of carbonyl (C=O) groups excluding carboxylic acids is 2. The molecule has 0 aliphatic heterocycles. The number of rotatable bonds is 12. The molecule has 1 N–H and O–H groups in total. The number of nitrogens with one attached hydrogen (secondary N) is 1. The number of carbonyl (C=O) groups is 2. The maximum absolute atomic E-state index is 13.3. The van der Waals surface area contributed by atoms with E-state index in [2.05, 4.69) is 5.32 Å². The molecular formula is C27H39N3O5S. The summed E-state index contributed by atoms with van der Waals surface area (Å²) >= 11 is 0. The summed E-state index contributed by atoms with van der Waals surface area (Å²) in [7, 11) is -1.96. The Hall–Kier alpha value is -3.07. The molecule has 0 aromatic heterocycles. The van der Waals surface area contributed by atoms with Gasteiger partial charge in [-0.05, 0) is 75.9 Å². The molecule has 8 nitrogen and oxygen atoms in total. The summed E-state index contributed by atoms with van der Waals surface area (Å²) in [6.45, 7) is 9.68. The number of aryl methyl sites for hydroxylation is 1. The summed E-state index contributed by atoms with van der Waals surface area (Å²) in [4.78, 5) is 27.6. The van der Waals surface area contributed by atoms with E-state index in [1.807, 2.05) is 64.1 Å². The van der Waals surface area contributed by atoms with Gasteiger partial charge in [0.15, 0.2) is 0 Å². The molecule has 0 aliphatic rings. The van der Waals surface area contributed by atoms with Crippen molar-refractivity contribution in [3.8, 4) is 5.75 Å². The molecule has 1 atom stereocenters. The van der Waals surface area contributed by atoms with Gasteiger partial charge in [0.25, 0.3) is 0 Å². The molecule has 0 aliphatic carbocycles. The van der Waals surface area contributed by atoms with Gasteiger partial charge in [-0.1, -0.05) is 24.3 Å². The summed E-state index contributed by atoms with van der Waals surface area (Å²) in [6, 6.07) is 12.1. The van der Waals surface area contributed by atoms with Gasteiger partial charge in [-0.15, -0.1) is 0 Å². The SMILES string of the molecule is COc1ccc(CN(C(=O)CCCN(c2cccc(C)c2C)S(C)(=O)=O)[C@H](C)C(=O)NC(C)C)cc1. The summed E-state index contributed by atoms with van der Waals surface area (Å²) in [5.41, 5.74) is 3.36. The zero-order chi connectivity index (χ0) is 27.0. The van der Waals surface area contributed by atoms with E-state index in [4.69, 9.17) is 4.74 Å². The van der Waals surface area contributed by atoms with Crippen LogP contribution in [-0.2, 0) is 26.2 Å². The highest BCUT2D eigenvalue weighted by Crippen LogP contribution is 2.25. The van der Waals surface area contributed by atoms with Gasteiger partial charge in [0.05, 0.1) is 19.1 Å². The average molecular weight is 518 g/mol. The first-order chi connectivity index (χ1) is 16.8. The first kappa shape index (κ1) is 29.2. The van der Waals surface area contributed by atoms with Gasteiger partial charge in [0.2, 0.25) is 21.8 Å². The Kier molecular flexibility index (Phi) is 10.3. The first-order valence-corrected chi connectivity index (χ1v) is 14.0. The average Bonchev–Trinajstić information content (AvgIpc) is 2.81. The number of sulfonamides is 1. The molecule has 0 radical (unpaired) electrons. The van der Waals surface area contributed by atoms with Crippen molar-refractivity contribution in [1.29, 1.82) is 0 Å². The fourth-order valence-electron chi connectivity index (χ4n) is 3.90. The lowest BCUT2D eigenvalue weighted by Gasteiger charge is -2.30. The molecule has 0 saturated heterocycles. The van der Waals surface area contributed by atoms with E-state index in [9.17, 15) is 18.0 Å². The van der Waals surface area contributed by atoms with Gasteiger partial charge in [-0.25, -0.2) is 8.42 Å². The molecule has 2 aromatic carbocycles. The quantitative estimate of drug-likeness (QED) is 0.462. The van der Waals surface area contributed by atoms with Crippen molar-refractivity contribution in [3.63, 3.8) is 0 Å². The zero-order valence-corrected chi connectivity index (χ0v) is 23.2. The fraction of sp³-hybridized carbons (Fsp3) is 0.481. The zero-order valence-electron chi connectivity index (χ0n) is 22.4. The number of benzene rings is 2. The molecule has 0 spiro atoms. The van der Waals surface area contributed by atoms with Crippen LogP contribution in [0.2, 0.25) is 0 Å². The van der Waals surface area contributed by atoms with Crippen LogP contribution >= 0.6 is 0 Å². The van der Waals surface area contributed by atoms with Crippen LogP contribution in [0.4, 0.5) is 5.69 Å². The molecule has 0 bridgehead atoms. The van der Waals surface area contributed by atoms with E-state index in [-0.39, 0.29) is 37.4 Å². The van der Waals surface area contributed by atoms with Gasteiger partial charge < -0.3 is 15.0 Å². The first-order valence-electron chi connectivity index (χ1n) is 12.1. The minimum Gasteiger partial charge on any atom is -0.497 e. The lowest BCUT2D eigenvalue weighted by atomic mass is 10.1. The van der Waals surface area contributed by atoms with Crippen LogP contribution in [0.15, 0.2) is 42.5 Å². The van der Waals surface area contributed by atoms with E-state index < -0.39 is 16.1 Å². The highest BCUT2D eigenvalue weighted by molar-refractivity contribution is 7.92. The second kappa shape index (κ2) is 12.8. The molecule has 2 rings (SSSR count). The van der Waals surface area contributed by atoms with Gasteiger partial charge in [0, 0.05) is 25.6 Å². The van der Waals surface area contributed by atoms with Crippen LogP contribution in [0.5, 0.6) is 5.75 Å². The summed E-state index contributed by atoms with van der Waals surface area (Å²) < 4.78 is 31.7. The Balaban J connectivity index is 2.20. The lowest BCUT2D eigenvalue weighted by Crippen LogP contribution is -2.49. The lowest BCUT2D eigenvalue weighted by molar-refractivity contribution is -0.140. The number of nitrogens with zero attached hydrogens (tertiary/aromatic N) is 2. The smallest absolute Gasteiger partial charge is 0.242 e. The van der Waals surface area contributed by atoms with Crippen molar-refractivity contribution < 1.29 is 22.7 Å². The molecule has 198 valence electrons. The van der Waals surface area contributed by atoms with Crippen LogP contribution < -0.4 is 14.4 Å². The molecule has 2 aromatic rings. The molecule has 36 heavy (non-hydrogen) atoms. The Morgan fingerprint density at radius 2 is 1.67 bits per heavy atom. The molecule has 0 fully saturated rings. The maximum atomic E-state index is 13.3. The van der Waals surface area contributed by atoms with Crippen LogP contribution in [0.1, 0.15) is 50.3 Å². The Morgan fingerprint density at radius 1 is 1.03 bits per heavy atom. The van der Waals surface area contributed by atoms with Crippen molar-refractivity contribution in [2.45, 2.75) is 66.1 Å². The third-order valence-corrected chi connectivity index (χ3v) is 7.29. The predicted molar refractivity (Wildman–Crippen MR) is 144 cm³/mol. The largest absolute Gasteiger partial charge is 0.497 e. The van der Waals surface area contributed by atoms with Crippen molar-refractivity contribution in [3.05, 3.63) is 59.2 Å². The maximum Gasteiger partial charge on any atom is 0.242 e. The molecular weight excluding hydrogens is 478 g/mol. The number of hydrogen-bond acceptors (Lipinski definition) is 5. The second-order valence-electron chi connectivity index (χ2n) is 9.37. The van der Waals surface area contributed by atoms with Crippen molar-refractivity contribution in [2.24, 2.45) is 0 Å². The monoisotopic (exact) mass is 517 g/mol. The third kappa shape index (κ3) is 7.98. The summed E-state index contributed by atoms with van der Waals surface area (Å²) in [5, 5.41) is 2.87. The van der Waals surface area contributed by atoms with Crippen molar-refractivity contribution in [1.82, 2.24) is 10.2 Å². The van der Waals surface area contributed by atoms with E-state index in [0.717, 1.165) is 16.7 Å². The standard InChI is InChI=1S/C27H39N3O5S/c1-19(2)28-27(32)22(5)29(18-23-13-15-24(35-6)16-14-23)26(31)12-9-17-30(36(7,33)34)25-11-8-10-20(3)21(25)4/h8,10-11,13-16,19,22H,9,12,17-18H2,1-7H3,(H,28,32)/t22-/m1/s1. The Morgan fingerprint density at radius 3 is 2.22 bits per heavy atom. The normalized spacial score (nSPS) is 12.2. The highest BCUT2D eigenvalue weighted by atomic mass is 32.2. The number of ether oxygens (including phenoxy) is 1. The third-order valence-electron chi connectivity index (χ3n) is 6.11. The van der Waals surface area contributed by atoms with Gasteiger partial charge in [-0.3, -0.25) is 13.9 Å². The Labute approximate surface area is 215 Å². The Bertz CT molecular complexity index is 1150. The van der Waals surface area contributed by atoms with Crippen LogP contribution in [0, 0.1) is 13.8 Å². The molecule has 0 heterocycles. The summed E-state index contributed by atoms with van der Waals surface area (Å²) in [6.07, 6.45) is 1.59. The topological polar surface area (TPSA) is 96.0 Å². The van der Waals surface area contributed by atoms with E-state index in [1.165, 1.54) is 10.6 Å². The van der Waals surface area contributed by atoms with Gasteiger partial charge in [0.1, 0.15) is 11.8 Å². The number of hydrogen-bond donors (Lipinski definition) is 1. The number of methoxy groups -OCH3 is 1. The molecule has 0 saturated carbocycles. The van der Waals surface area contributed by atoms with Gasteiger partial charge >= 0.3 is 0 Å². The van der Waals surface area contributed by atoms with Crippen LogP contribution in [-0.4, -0.2) is 57.1 Å². The second-order valence-corrected chi connectivity index (χ2v) is 11.3. The minimum absolute atomic E-state index is 0.0567. The van der Waals surface area contributed by atoms with Crippen LogP contribution in [0.3, 0.4) is 0 Å².